The maximum absolute atomic E-state index is 12.4. The highest BCUT2D eigenvalue weighted by Crippen LogP contribution is 2.40. The molecule has 1 atom stereocenters. The van der Waals surface area contributed by atoms with Crippen molar-refractivity contribution in [1.29, 1.82) is 0 Å². The molecule has 112 valence electrons. The van der Waals surface area contributed by atoms with Crippen LogP contribution in [0.1, 0.15) is 50.6 Å². The lowest BCUT2D eigenvalue weighted by Gasteiger charge is -2.28. The highest BCUT2D eigenvalue weighted by Gasteiger charge is 2.33. The third-order valence-corrected chi connectivity index (χ3v) is 4.66. The molecule has 1 aliphatic rings. The van der Waals surface area contributed by atoms with Crippen molar-refractivity contribution in [2.45, 2.75) is 45.1 Å². The predicted molar refractivity (Wildman–Crippen MR) is 79.2 cm³/mol. The van der Waals surface area contributed by atoms with E-state index in [2.05, 4.69) is 22.7 Å². The average Bonchev–Trinajstić information content (AvgIpc) is 3.07. The Kier molecular flexibility index (Phi) is 4.81. The van der Waals surface area contributed by atoms with E-state index >= 15 is 0 Å². The number of amides is 1. The standard InChI is InChI=1S/C15H26N4O/c1-4-15(7-5-6-8-15)11-17-14(20)13(16-2)12-9-18-19(3)10-12/h9-10,13,16H,4-8,11H2,1-3H3,(H,17,20). The van der Waals surface area contributed by atoms with Gasteiger partial charge < -0.3 is 10.6 Å². The van der Waals surface area contributed by atoms with Gasteiger partial charge in [0.15, 0.2) is 0 Å². The van der Waals surface area contributed by atoms with Gasteiger partial charge in [0.1, 0.15) is 6.04 Å². The normalized spacial score (nSPS) is 18.9. The van der Waals surface area contributed by atoms with Crippen LogP contribution in [0.3, 0.4) is 0 Å². The zero-order chi connectivity index (χ0) is 14.6. The van der Waals surface area contributed by atoms with Crippen molar-refractivity contribution >= 4 is 5.91 Å². The minimum atomic E-state index is -0.320. The first kappa shape index (κ1) is 15.0. The van der Waals surface area contributed by atoms with Gasteiger partial charge in [0, 0.05) is 25.4 Å². The molecule has 5 heteroatoms. The molecule has 1 heterocycles. The second-order valence-electron chi connectivity index (χ2n) is 5.95. The molecule has 1 fully saturated rings. The van der Waals surface area contributed by atoms with E-state index in [1.165, 1.54) is 25.7 Å². The summed E-state index contributed by atoms with van der Waals surface area (Å²) < 4.78 is 1.72. The number of carbonyl (C=O) groups excluding carboxylic acids is 1. The smallest absolute Gasteiger partial charge is 0.241 e. The van der Waals surface area contributed by atoms with E-state index in [4.69, 9.17) is 0 Å². The highest BCUT2D eigenvalue weighted by molar-refractivity contribution is 5.83. The Morgan fingerprint density at radius 2 is 2.20 bits per heavy atom. The Morgan fingerprint density at radius 1 is 1.50 bits per heavy atom. The maximum atomic E-state index is 12.4. The van der Waals surface area contributed by atoms with E-state index < -0.39 is 0 Å². The summed E-state index contributed by atoms with van der Waals surface area (Å²) in [6.07, 6.45) is 9.83. The quantitative estimate of drug-likeness (QED) is 0.833. The number of aryl methyl sites for hydroxylation is 1. The number of rotatable bonds is 6. The van der Waals surface area contributed by atoms with Crippen LogP contribution in [0.15, 0.2) is 12.4 Å². The fourth-order valence-corrected chi connectivity index (χ4v) is 3.20. The van der Waals surface area contributed by atoms with E-state index in [-0.39, 0.29) is 11.9 Å². The van der Waals surface area contributed by atoms with Gasteiger partial charge in [-0.3, -0.25) is 9.48 Å². The van der Waals surface area contributed by atoms with Crippen molar-refractivity contribution in [3.63, 3.8) is 0 Å². The van der Waals surface area contributed by atoms with Crippen molar-refractivity contribution in [3.8, 4) is 0 Å². The molecular weight excluding hydrogens is 252 g/mol. The molecule has 1 unspecified atom stereocenters. The van der Waals surface area contributed by atoms with Crippen molar-refractivity contribution in [2.75, 3.05) is 13.6 Å². The minimum Gasteiger partial charge on any atom is -0.354 e. The van der Waals surface area contributed by atoms with E-state index in [1.807, 2.05) is 20.3 Å². The molecular formula is C15H26N4O. The third kappa shape index (κ3) is 3.20. The van der Waals surface area contributed by atoms with Gasteiger partial charge in [0.2, 0.25) is 5.91 Å². The molecule has 0 spiro atoms. The number of nitrogens with zero attached hydrogens (tertiary/aromatic N) is 2. The van der Waals surface area contributed by atoms with Crippen LogP contribution < -0.4 is 10.6 Å². The van der Waals surface area contributed by atoms with Crippen LogP contribution >= 0.6 is 0 Å². The SMILES string of the molecule is CCC1(CNC(=O)C(NC)c2cnn(C)c2)CCCC1. The van der Waals surface area contributed by atoms with Crippen LogP contribution in [0.25, 0.3) is 0 Å². The molecule has 0 aromatic carbocycles. The zero-order valence-electron chi connectivity index (χ0n) is 12.8. The van der Waals surface area contributed by atoms with Crippen molar-refractivity contribution < 1.29 is 4.79 Å². The molecule has 2 N–H and O–H groups in total. The van der Waals surface area contributed by atoms with E-state index in [0.29, 0.717) is 5.41 Å². The van der Waals surface area contributed by atoms with Crippen LogP contribution in [0.5, 0.6) is 0 Å². The molecule has 0 aliphatic heterocycles. The molecule has 1 amide bonds. The van der Waals surface area contributed by atoms with Gasteiger partial charge in [-0.15, -0.1) is 0 Å². The number of nitrogens with one attached hydrogen (secondary N) is 2. The molecule has 2 rings (SSSR count). The van der Waals surface area contributed by atoms with Crippen molar-refractivity contribution in [2.24, 2.45) is 12.5 Å². The van der Waals surface area contributed by atoms with Crippen molar-refractivity contribution in [1.82, 2.24) is 20.4 Å². The number of carbonyl (C=O) groups is 1. The highest BCUT2D eigenvalue weighted by atomic mass is 16.2. The lowest BCUT2D eigenvalue weighted by Crippen LogP contribution is -2.41. The van der Waals surface area contributed by atoms with E-state index in [9.17, 15) is 4.79 Å². The summed E-state index contributed by atoms with van der Waals surface area (Å²) in [6, 6.07) is -0.320. The molecule has 5 nitrogen and oxygen atoms in total. The Bertz CT molecular complexity index is 448. The van der Waals surface area contributed by atoms with Gasteiger partial charge in [0.05, 0.1) is 6.20 Å². The largest absolute Gasteiger partial charge is 0.354 e. The summed E-state index contributed by atoms with van der Waals surface area (Å²) in [5, 5.41) is 10.3. The first-order valence-electron chi connectivity index (χ1n) is 7.54. The maximum Gasteiger partial charge on any atom is 0.241 e. The number of aromatic nitrogens is 2. The van der Waals surface area contributed by atoms with Crippen LogP contribution in [-0.2, 0) is 11.8 Å². The summed E-state index contributed by atoms with van der Waals surface area (Å²) in [5.74, 6) is 0.0419. The van der Waals surface area contributed by atoms with Gasteiger partial charge in [-0.25, -0.2) is 0 Å². The van der Waals surface area contributed by atoms with Crippen LogP contribution in [0, 0.1) is 5.41 Å². The van der Waals surface area contributed by atoms with Gasteiger partial charge in [-0.05, 0) is 31.7 Å². The van der Waals surface area contributed by atoms with Gasteiger partial charge in [0.25, 0.3) is 0 Å². The first-order chi connectivity index (χ1) is 9.60. The summed E-state index contributed by atoms with van der Waals surface area (Å²) >= 11 is 0. The van der Waals surface area contributed by atoms with Crippen LogP contribution in [-0.4, -0.2) is 29.3 Å². The number of likely N-dealkylation sites (N-methyl/N-ethyl adjacent to an activating group) is 1. The Labute approximate surface area is 121 Å². The average molecular weight is 278 g/mol. The van der Waals surface area contributed by atoms with Gasteiger partial charge >= 0.3 is 0 Å². The Balaban J connectivity index is 1.96. The summed E-state index contributed by atoms with van der Waals surface area (Å²) in [4.78, 5) is 12.4. The monoisotopic (exact) mass is 278 g/mol. The Hall–Kier alpha value is -1.36. The zero-order valence-corrected chi connectivity index (χ0v) is 12.8. The van der Waals surface area contributed by atoms with Crippen molar-refractivity contribution in [3.05, 3.63) is 18.0 Å². The minimum absolute atomic E-state index is 0.0419. The topological polar surface area (TPSA) is 59.0 Å². The first-order valence-corrected chi connectivity index (χ1v) is 7.54. The van der Waals surface area contributed by atoms with E-state index in [0.717, 1.165) is 18.5 Å². The fraction of sp³-hybridized carbons (Fsp3) is 0.733. The van der Waals surface area contributed by atoms with Gasteiger partial charge in [-0.2, -0.15) is 5.10 Å². The summed E-state index contributed by atoms with van der Waals surface area (Å²) in [6.45, 7) is 3.02. The van der Waals surface area contributed by atoms with Crippen LogP contribution in [0.4, 0.5) is 0 Å². The summed E-state index contributed by atoms with van der Waals surface area (Å²) in [5.41, 5.74) is 1.23. The second kappa shape index (κ2) is 6.39. The molecule has 1 saturated carbocycles. The number of hydrogen-bond donors (Lipinski definition) is 2. The molecule has 0 bridgehead atoms. The lowest BCUT2D eigenvalue weighted by molar-refractivity contribution is -0.123. The molecule has 1 aromatic heterocycles. The Morgan fingerprint density at radius 3 is 2.70 bits per heavy atom. The molecule has 0 radical (unpaired) electrons. The summed E-state index contributed by atoms with van der Waals surface area (Å²) in [7, 11) is 3.67. The lowest BCUT2D eigenvalue weighted by atomic mass is 9.83. The predicted octanol–water partition coefficient (Wildman–Crippen LogP) is 1.77. The van der Waals surface area contributed by atoms with E-state index in [1.54, 1.807) is 10.9 Å². The molecule has 1 aromatic rings. The van der Waals surface area contributed by atoms with Crippen LogP contribution in [0.2, 0.25) is 0 Å². The number of hydrogen-bond acceptors (Lipinski definition) is 3. The fourth-order valence-electron chi connectivity index (χ4n) is 3.20. The molecule has 0 saturated heterocycles. The third-order valence-electron chi connectivity index (χ3n) is 4.66. The molecule has 20 heavy (non-hydrogen) atoms. The molecule has 1 aliphatic carbocycles. The second-order valence-corrected chi connectivity index (χ2v) is 5.95. The van der Waals surface area contributed by atoms with Gasteiger partial charge in [-0.1, -0.05) is 19.8 Å².